The minimum Gasteiger partial charge on any atom is -0.494 e. The molecule has 2 aromatic rings. The summed E-state index contributed by atoms with van der Waals surface area (Å²) in [5.74, 6) is -0.901. The second-order valence-corrected chi connectivity index (χ2v) is 7.75. The molecular formula is C26H36N2O9. The number of nitrogens with one attached hydrogen (secondary N) is 1. The smallest absolute Gasteiger partial charge is 0.414 e. The normalized spacial score (nSPS) is 10.8. The lowest BCUT2D eigenvalue weighted by atomic mass is 10.2. The predicted molar refractivity (Wildman–Crippen MR) is 136 cm³/mol. The minimum atomic E-state index is -1.82. The van der Waals surface area contributed by atoms with Gasteiger partial charge in [0.1, 0.15) is 18.1 Å². The van der Waals surface area contributed by atoms with E-state index in [1.54, 1.807) is 21.0 Å². The molecule has 0 fully saturated rings. The van der Waals surface area contributed by atoms with Gasteiger partial charge in [-0.1, -0.05) is 6.07 Å². The Labute approximate surface area is 216 Å². The van der Waals surface area contributed by atoms with E-state index >= 15 is 0 Å². The first-order valence-electron chi connectivity index (χ1n) is 11.7. The molecule has 2 aromatic carbocycles. The molecule has 0 saturated heterocycles. The van der Waals surface area contributed by atoms with Crippen molar-refractivity contribution < 1.29 is 43.5 Å². The molecule has 1 unspecified atom stereocenters. The Balaban J connectivity index is 0.00000102. The lowest BCUT2D eigenvalue weighted by molar-refractivity contribution is -0.159. The van der Waals surface area contributed by atoms with E-state index in [4.69, 9.17) is 38.7 Å². The van der Waals surface area contributed by atoms with Crippen LogP contribution in [0.4, 0.5) is 0 Å². The number of hydrogen-bond acceptors (Lipinski definition) is 8. The maximum Gasteiger partial charge on any atom is 0.414 e. The van der Waals surface area contributed by atoms with Crippen LogP contribution in [-0.2, 0) is 20.9 Å². The monoisotopic (exact) mass is 520 g/mol. The van der Waals surface area contributed by atoms with Crippen molar-refractivity contribution in [2.45, 2.75) is 33.4 Å². The van der Waals surface area contributed by atoms with Crippen LogP contribution in [0.3, 0.4) is 0 Å². The highest BCUT2D eigenvalue weighted by Crippen LogP contribution is 2.29. The third-order valence-electron chi connectivity index (χ3n) is 4.59. The van der Waals surface area contributed by atoms with Gasteiger partial charge in [-0.15, -0.1) is 0 Å². The number of carboxylic acids is 2. The molecule has 0 aliphatic rings. The molecule has 0 bridgehead atoms. The third-order valence-corrected chi connectivity index (χ3v) is 4.59. The highest BCUT2D eigenvalue weighted by molar-refractivity contribution is 6.27. The van der Waals surface area contributed by atoms with Crippen LogP contribution in [0.25, 0.3) is 0 Å². The van der Waals surface area contributed by atoms with Crippen LogP contribution < -0.4 is 24.3 Å². The summed E-state index contributed by atoms with van der Waals surface area (Å²) in [6, 6.07) is 13.4. The molecule has 0 aromatic heterocycles. The molecule has 3 N–H and O–H groups in total. The van der Waals surface area contributed by atoms with E-state index in [1.807, 2.05) is 56.3 Å². The van der Waals surface area contributed by atoms with Gasteiger partial charge in [0.05, 0.1) is 13.2 Å². The van der Waals surface area contributed by atoms with E-state index in [0.717, 1.165) is 17.1 Å². The van der Waals surface area contributed by atoms with E-state index in [9.17, 15) is 4.79 Å². The van der Waals surface area contributed by atoms with E-state index in [-0.39, 0.29) is 5.91 Å². The van der Waals surface area contributed by atoms with Gasteiger partial charge in [0.15, 0.2) is 17.6 Å². The van der Waals surface area contributed by atoms with Gasteiger partial charge >= 0.3 is 11.9 Å². The molecule has 0 aliphatic heterocycles. The van der Waals surface area contributed by atoms with Crippen LogP contribution in [0.2, 0.25) is 0 Å². The summed E-state index contributed by atoms with van der Waals surface area (Å²) in [4.78, 5) is 31.8. The van der Waals surface area contributed by atoms with Crippen molar-refractivity contribution in [2.75, 3.05) is 40.5 Å². The first-order valence-corrected chi connectivity index (χ1v) is 11.7. The molecular weight excluding hydrogens is 484 g/mol. The van der Waals surface area contributed by atoms with Gasteiger partial charge in [-0.2, -0.15) is 0 Å². The van der Waals surface area contributed by atoms with Crippen LogP contribution in [0, 0.1) is 0 Å². The van der Waals surface area contributed by atoms with Crippen LogP contribution in [0.5, 0.6) is 23.0 Å². The number of amides is 1. The average molecular weight is 521 g/mol. The van der Waals surface area contributed by atoms with Crippen molar-refractivity contribution >= 4 is 17.8 Å². The predicted octanol–water partition coefficient (Wildman–Crippen LogP) is 2.66. The number of aliphatic carboxylic acids is 2. The third kappa shape index (κ3) is 12.0. The molecule has 0 spiro atoms. The second-order valence-electron chi connectivity index (χ2n) is 7.75. The fourth-order valence-corrected chi connectivity index (χ4v) is 2.91. The highest BCUT2D eigenvalue weighted by atomic mass is 16.5. The van der Waals surface area contributed by atoms with Gasteiger partial charge in [-0.05, 0) is 62.7 Å². The Morgan fingerprint density at radius 1 is 0.865 bits per heavy atom. The summed E-state index contributed by atoms with van der Waals surface area (Å²) in [5, 5.41) is 18.1. The number of carbonyl (C=O) groups is 3. The number of benzene rings is 2. The molecule has 0 radical (unpaired) electrons. The van der Waals surface area contributed by atoms with Crippen molar-refractivity contribution in [3.05, 3.63) is 48.0 Å². The lowest BCUT2D eigenvalue weighted by Crippen LogP contribution is -2.35. The average Bonchev–Trinajstić information content (AvgIpc) is 2.86. The first-order chi connectivity index (χ1) is 17.6. The van der Waals surface area contributed by atoms with Gasteiger partial charge in [-0.3, -0.25) is 4.79 Å². The number of rotatable bonds is 13. The molecule has 1 atom stereocenters. The van der Waals surface area contributed by atoms with Crippen LogP contribution in [0.15, 0.2) is 42.5 Å². The molecule has 1 amide bonds. The van der Waals surface area contributed by atoms with Crippen molar-refractivity contribution in [2.24, 2.45) is 0 Å². The number of ether oxygens (including phenoxy) is 4. The van der Waals surface area contributed by atoms with Crippen molar-refractivity contribution in [1.29, 1.82) is 0 Å². The first kappa shape index (κ1) is 31.0. The second kappa shape index (κ2) is 16.6. The van der Waals surface area contributed by atoms with Crippen molar-refractivity contribution in [3.63, 3.8) is 0 Å². The standard InChI is InChI=1S/C24H34N2O5.C2H2O4/c1-6-28-20-9-11-21(12-10-20)30-15-14-25-17-19-8-13-22(23(16-19)29-7-2)31-18(3)24(27)26(4)5;3-1(4)2(5)6/h8-13,16,18,25H,6-7,14-15,17H2,1-5H3;(H,3,4)(H,5,6). The number of likely N-dealkylation sites (N-methyl/N-ethyl adjacent to an activating group) is 1. The summed E-state index contributed by atoms with van der Waals surface area (Å²) in [6.45, 7) is 8.69. The molecule has 0 saturated carbocycles. The van der Waals surface area contributed by atoms with Gasteiger partial charge < -0.3 is 39.4 Å². The zero-order chi connectivity index (χ0) is 27.8. The van der Waals surface area contributed by atoms with Crippen LogP contribution in [0.1, 0.15) is 26.3 Å². The maximum absolute atomic E-state index is 12.1. The fourth-order valence-electron chi connectivity index (χ4n) is 2.91. The number of nitrogens with zero attached hydrogens (tertiary/aromatic N) is 1. The number of hydrogen-bond donors (Lipinski definition) is 3. The van der Waals surface area contributed by atoms with Crippen LogP contribution >= 0.6 is 0 Å². The van der Waals surface area contributed by atoms with E-state index in [1.165, 1.54) is 4.90 Å². The van der Waals surface area contributed by atoms with Gasteiger partial charge in [0, 0.05) is 27.2 Å². The van der Waals surface area contributed by atoms with Gasteiger partial charge in [0.25, 0.3) is 5.91 Å². The number of carboxylic acid groups (broad SMARTS) is 2. The van der Waals surface area contributed by atoms with Crippen molar-refractivity contribution in [1.82, 2.24) is 10.2 Å². The molecule has 0 heterocycles. The van der Waals surface area contributed by atoms with E-state index < -0.39 is 18.0 Å². The fraction of sp³-hybridized carbons (Fsp3) is 0.423. The quantitative estimate of drug-likeness (QED) is 0.266. The lowest BCUT2D eigenvalue weighted by Gasteiger charge is -2.20. The number of carbonyl (C=O) groups excluding carboxylic acids is 1. The minimum absolute atomic E-state index is 0.0966. The summed E-state index contributed by atoms with van der Waals surface area (Å²) < 4.78 is 22.7. The molecule has 2 rings (SSSR count). The van der Waals surface area contributed by atoms with E-state index in [0.29, 0.717) is 44.4 Å². The summed E-state index contributed by atoms with van der Waals surface area (Å²) >= 11 is 0. The van der Waals surface area contributed by atoms with Crippen LogP contribution in [-0.4, -0.2) is 79.5 Å². The Hall–Kier alpha value is -3.99. The topological polar surface area (TPSA) is 144 Å². The maximum atomic E-state index is 12.1. The molecule has 11 heteroatoms. The summed E-state index contributed by atoms with van der Waals surface area (Å²) in [7, 11) is 3.42. The Kier molecular flexibility index (Phi) is 14.0. The molecule has 0 aliphatic carbocycles. The van der Waals surface area contributed by atoms with Gasteiger partial charge in [-0.25, -0.2) is 9.59 Å². The zero-order valence-corrected chi connectivity index (χ0v) is 21.9. The molecule has 11 nitrogen and oxygen atoms in total. The Bertz CT molecular complexity index is 982. The molecule has 37 heavy (non-hydrogen) atoms. The van der Waals surface area contributed by atoms with Gasteiger partial charge in [0.2, 0.25) is 0 Å². The Morgan fingerprint density at radius 3 is 1.95 bits per heavy atom. The molecule has 204 valence electrons. The largest absolute Gasteiger partial charge is 0.494 e. The SMILES string of the molecule is CCOc1ccc(OCCNCc2ccc(OC(C)C(=O)N(C)C)c(OCC)c2)cc1.O=C(O)C(=O)O. The summed E-state index contributed by atoms with van der Waals surface area (Å²) in [6.07, 6.45) is -0.585. The van der Waals surface area contributed by atoms with Crippen molar-refractivity contribution in [3.8, 4) is 23.0 Å². The highest BCUT2D eigenvalue weighted by Gasteiger charge is 2.18. The Morgan fingerprint density at radius 2 is 1.43 bits per heavy atom. The van der Waals surface area contributed by atoms with E-state index in [2.05, 4.69) is 5.32 Å². The zero-order valence-electron chi connectivity index (χ0n) is 21.9. The summed E-state index contributed by atoms with van der Waals surface area (Å²) in [5.41, 5.74) is 1.06.